The fourth-order valence-electron chi connectivity index (χ4n) is 2.00. The van der Waals surface area contributed by atoms with E-state index in [1.165, 1.54) is 6.33 Å². The summed E-state index contributed by atoms with van der Waals surface area (Å²) >= 11 is 0. The van der Waals surface area contributed by atoms with E-state index in [-0.39, 0.29) is 5.91 Å². The van der Waals surface area contributed by atoms with Gasteiger partial charge in [0.2, 0.25) is 15.9 Å². The molecule has 0 aliphatic rings. The van der Waals surface area contributed by atoms with Crippen LogP contribution in [0.4, 0.5) is 5.69 Å². The van der Waals surface area contributed by atoms with Crippen molar-refractivity contribution in [3.63, 3.8) is 0 Å². The Balaban J connectivity index is 1.76. The fourth-order valence-corrected chi connectivity index (χ4v) is 2.55. The highest BCUT2D eigenvalue weighted by molar-refractivity contribution is 7.92. The lowest BCUT2D eigenvalue weighted by molar-refractivity contribution is -0.121. The van der Waals surface area contributed by atoms with E-state index >= 15 is 0 Å². The van der Waals surface area contributed by atoms with Gasteiger partial charge in [0.25, 0.3) is 0 Å². The van der Waals surface area contributed by atoms with Crippen LogP contribution in [0.3, 0.4) is 0 Å². The number of nitrogens with zero attached hydrogens (tertiary/aromatic N) is 3. The molecule has 124 valence electrons. The number of carbonyl (C=O) groups is 1. The lowest BCUT2D eigenvalue weighted by Crippen LogP contribution is -2.23. The van der Waals surface area contributed by atoms with Gasteiger partial charge >= 0.3 is 0 Å². The predicted octanol–water partition coefficient (Wildman–Crippen LogP) is 0.746. The molecule has 8 nitrogen and oxygen atoms in total. The molecule has 0 saturated heterocycles. The van der Waals surface area contributed by atoms with Crippen molar-refractivity contribution in [2.24, 2.45) is 0 Å². The fraction of sp³-hybridized carbons (Fsp3) is 0.357. The van der Waals surface area contributed by atoms with E-state index in [2.05, 4.69) is 20.1 Å². The maximum absolute atomic E-state index is 11.8. The number of aryl methyl sites for hydroxylation is 1. The summed E-state index contributed by atoms with van der Waals surface area (Å²) in [6.45, 7) is 0.989. The van der Waals surface area contributed by atoms with Crippen molar-refractivity contribution in [3.8, 4) is 0 Å². The van der Waals surface area contributed by atoms with Gasteiger partial charge in [0.15, 0.2) is 0 Å². The summed E-state index contributed by atoms with van der Waals surface area (Å²) in [5.74, 6) is -0.0633. The van der Waals surface area contributed by atoms with Gasteiger partial charge < -0.3 is 5.32 Å². The Morgan fingerprint density at radius 3 is 2.87 bits per heavy atom. The first-order valence-corrected chi connectivity index (χ1v) is 8.97. The molecule has 23 heavy (non-hydrogen) atoms. The SMILES string of the molecule is CS(=O)(=O)Nc1cccc(CNC(=O)CCCn2cncn2)c1. The van der Waals surface area contributed by atoms with Crippen LogP contribution in [-0.2, 0) is 27.9 Å². The number of anilines is 1. The molecule has 0 fully saturated rings. The number of aromatic nitrogens is 3. The van der Waals surface area contributed by atoms with E-state index in [9.17, 15) is 13.2 Å². The van der Waals surface area contributed by atoms with E-state index in [0.717, 1.165) is 11.8 Å². The molecule has 0 aliphatic heterocycles. The Morgan fingerprint density at radius 1 is 1.35 bits per heavy atom. The minimum atomic E-state index is -3.31. The average Bonchev–Trinajstić information content (AvgIpc) is 2.97. The van der Waals surface area contributed by atoms with Crippen molar-refractivity contribution in [1.82, 2.24) is 20.1 Å². The number of rotatable bonds is 8. The molecule has 0 radical (unpaired) electrons. The summed E-state index contributed by atoms with van der Waals surface area (Å²) in [7, 11) is -3.31. The molecular formula is C14H19N5O3S. The van der Waals surface area contributed by atoms with Gasteiger partial charge in [0, 0.05) is 25.2 Å². The Hall–Kier alpha value is -2.42. The Labute approximate surface area is 135 Å². The van der Waals surface area contributed by atoms with Crippen molar-refractivity contribution in [2.75, 3.05) is 11.0 Å². The minimum Gasteiger partial charge on any atom is -0.352 e. The van der Waals surface area contributed by atoms with Crippen molar-refractivity contribution >= 4 is 21.6 Å². The monoisotopic (exact) mass is 337 g/mol. The quantitative estimate of drug-likeness (QED) is 0.739. The van der Waals surface area contributed by atoms with Crippen LogP contribution in [0.15, 0.2) is 36.9 Å². The molecule has 9 heteroatoms. The molecule has 0 saturated carbocycles. The van der Waals surface area contributed by atoms with Crippen LogP contribution in [0.5, 0.6) is 0 Å². The molecule has 0 aliphatic carbocycles. The van der Waals surface area contributed by atoms with Crippen molar-refractivity contribution < 1.29 is 13.2 Å². The van der Waals surface area contributed by atoms with E-state index in [0.29, 0.717) is 31.6 Å². The number of hydrogen-bond donors (Lipinski definition) is 2. The van der Waals surface area contributed by atoms with E-state index in [1.54, 1.807) is 29.2 Å². The lowest BCUT2D eigenvalue weighted by Gasteiger charge is -2.08. The normalized spacial score (nSPS) is 11.2. The summed E-state index contributed by atoms with van der Waals surface area (Å²) in [5.41, 5.74) is 1.30. The molecule has 2 N–H and O–H groups in total. The van der Waals surface area contributed by atoms with Gasteiger partial charge in [-0.3, -0.25) is 14.2 Å². The topological polar surface area (TPSA) is 106 Å². The zero-order valence-corrected chi connectivity index (χ0v) is 13.6. The van der Waals surface area contributed by atoms with Gasteiger partial charge in [-0.25, -0.2) is 13.4 Å². The van der Waals surface area contributed by atoms with Crippen LogP contribution in [0, 0.1) is 0 Å². The van der Waals surface area contributed by atoms with Gasteiger partial charge in [-0.15, -0.1) is 0 Å². The molecule has 2 rings (SSSR count). The van der Waals surface area contributed by atoms with Gasteiger partial charge in [-0.2, -0.15) is 5.10 Å². The summed E-state index contributed by atoms with van der Waals surface area (Å²) in [6, 6.07) is 6.91. The molecule has 0 atom stereocenters. The van der Waals surface area contributed by atoms with Crippen LogP contribution in [-0.4, -0.2) is 35.3 Å². The number of amides is 1. The third-order valence-electron chi connectivity index (χ3n) is 2.98. The molecular weight excluding hydrogens is 318 g/mol. The summed E-state index contributed by atoms with van der Waals surface area (Å²) in [5, 5.41) is 6.77. The number of sulfonamides is 1. The Bertz CT molecular complexity index is 744. The van der Waals surface area contributed by atoms with Crippen LogP contribution in [0.1, 0.15) is 18.4 Å². The zero-order valence-electron chi connectivity index (χ0n) is 12.8. The number of nitrogens with one attached hydrogen (secondary N) is 2. The summed E-state index contributed by atoms with van der Waals surface area (Å²) < 4.78 is 26.5. The largest absolute Gasteiger partial charge is 0.352 e. The van der Waals surface area contributed by atoms with E-state index in [4.69, 9.17) is 0 Å². The molecule has 0 spiro atoms. The maximum Gasteiger partial charge on any atom is 0.229 e. The first-order chi connectivity index (χ1) is 10.9. The summed E-state index contributed by atoms with van der Waals surface area (Å²) in [6.07, 6.45) is 5.22. The highest BCUT2D eigenvalue weighted by Gasteiger charge is 2.05. The average molecular weight is 337 g/mol. The van der Waals surface area contributed by atoms with E-state index < -0.39 is 10.0 Å². The van der Waals surface area contributed by atoms with Crippen LogP contribution in [0.2, 0.25) is 0 Å². The van der Waals surface area contributed by atoms with Crippen LogP contribution in [0.25, 0.3) is 0 Å². The third kappa shape index (κ3) is 6.47. The second-order valence-corrected chi connectivity index (χ2v) is 6.86. The van der Waals surface area contributed by atoms with Crippen molar-refractivity contribution in [1.29, 1.82) is 0 Å². The third-order valence-corrected chi connectivity index (χ3v) is 3.58. The molecule has 0 bridgehead atoms. The van der Waals surface area contributed by atoms with E-state index in [1.807, 2.05) is 6.07 Å². The van der Waals surface area contributed by atoms with Crippen molar-refractivity contribution in [3.05, 3.63) is 42.5 Å². The van der Waals surface area contributed by atoms with Gasteiger partial charge in [0.1, 0.15) is 12.7 Å². The second kappa shape index (κ2) is 7.73. The molecule has 1 amide bonds. The number of benzene rings is 1. The molecule has 1 heterocycles. The molecule has 1 aromatic heterocycles. The highest BCUT2D eigenvalue weighted by Crippen LogP contribution is 2.11. The second-order valence-electron chi connectivity index (χ2n) is 5.11. The predicted molar refractivity (Wildman–Crippen MR) is 86.0 cm³/mol. The Kier molecular flexibility index (Phi) is 5.69. The molecule has 2 aromatic rings. The lowest BCUT2D eigenvalue weighted by atomic mass is 10.2. The summed E-state index contributed by atoms with van der Waals surface area (Å²) in [4.78, 5) is 15.6. The smallest absolute Gasteiger partial charge is 0.229 e. The van der Waals surface area contributed by atoms with Crippen LogP contribution < -0.4 is 10.0 Å². The molecule has 1 aromatic carbocycles. The highest BCUT2D eigenvalue weighted by atomic mass is 32.2. The number of carbonyl (C=O) groups excluding carboxylic acids is 1. The van der Waals surface area contributed by atoms with Gasteiger partial charge in [0.05, 0.1) is 6.26 Å². The Morgan fingerprint density at radius 2 is 2.17 bits per heavy atom. The van der Waals surface area contributed by atoms with Crippen molar-refractivity contribution in [2.45, 2.75) is 25.9 Å². The minimum absolute atomic E-state index is 0.0633. The molecule has 0 unspecified atom stereocenters. The number of hydrogen-bond acceptors (Lipinski definition) is 5. The van der Waals surface area contributed by atoms with Crippen LogP contribution >= 0.6 is 0 Å². The first kappa shape index (κ1) is 16.9. The van der Waals surface area contributed by atoms with Gasteiger partial charge in [-0.05, 0) is 24.1 Å². The standard InChI is InChI=1S/C14H19N5O3S/c1-23(21,22)18-13-5-2-4-12(8-13)9-16-14(20)6-3-7-19-11-15-10-17-19/h2,4-5,8,10-11,18H,3,6-7,9H2,1H3,(H,16,20). The maximum atomic E-state index is 11.8. The van der Waals surface area contributed by atoms with Gasteiger partial charge in [-0.1, -0.05) is 12.1 Å². The zero-order chi connectivity index (χ0) is 16.7. The first-order valence-electron chi connectivity index (χ1n) is 7.08.